The molecule has 26 heavy (non-hydrogen) atoms. The summed E-state index contributed by atoms with van der Waals surface area (Å²) in [5, 5.41) is 6.79. The Morgan fingerprint density at radius 1 is 1.31 bits per heavy atom. The van der Waals surface area contributed by atoms with Gasteiger partial charge in [0.25, 0.3) is 0 Å². The van der Waals surface area contributed by atoms with Crippen molar-refractivity contribution in [2.24, 2.45) is 10.9 Å². The number of carbonyl (C=O) groups is 1. The summed E-state index contributed by atoms with van der Waals surface area (Å²) in [6, 6.07) is 4.33. The minimum Gasteiger partial charge on any atom is -0.466 e. The minimum atomic E-state index is -0.0489. The predicted molar refractivity (Wildman–Crippen MR) is 115 cm³/mol. The lowest BCUT2D eigenvalue weighted by Crippen LogP contribution is -2.45. The van der Waals surface area contributed by atoms with Crippen LogP contribution < -0.4 is 10.6 Å². The number of rotatable bonds is 6. The maximum absolute atomic E-state index is 11.8. The van der Waals surface area contributed by atoms with Gasteiger partial charge in [-0.25, -0.2) is 4.99 Å². The van der Waals surface area contributed by atoms with Crippen molar-refractivity contribution in [2.75, 3.05) is 13.2 Å². The molecule has 0 aromatic carbocycles. The lowest BCUT2D eigenvalue weighted by Gasteiger charge is -2.29. The summed E-state index contributed by atoms with van der Waals surface area (Å²) >= 11 is 0. The highest BCUT2D eigenvalue weighted by molar-refractivity contribution is 14.0. The molecule has 0 amide bonds. The first-order valence-electron chi connectivity index (χ1n) is 9.26. The molecule has 0 unspecified atom stereocenters. The Kier molecular flexibility index (Phi) is 10.5. The van der Waals surface area contributed by atoms with Crippen LogP contribution in [0.4, 0.5) is 0 Å². The zero-order valence-corrected chi connectivity index (χ0v) is 18.3. The normalized spacial score (nSPS) is 20.0. The van der Waals surface area contributed by atoms with Crippen molar-refractivity contribution in [3.8, 4) is 0 Å². The van der Waals surface area contributed by atoms with E-state index in [1.807, 2.05) is 13.0 Å². The summed E-state index contributed by atoms with van der Waals surface area (Å²) < 4.78 is 5.13. The molecule has 1 saturated carbocycles. The Labute approximate surface area is 173 Å². The van der Waals surface area contributed by atoms with E-state index in [2.05, 4.69) is 40.5 Å². The van der Waals surface area contributed by atoms with Gasteiger partial charge in [0.15, 0.2) is 5.96 Å². The van der Waals surface area contributed by atoms with Crippen LogP contribution in [0.25, 0.3) is 0 Å². The number of hydrogen-bond acceptors (Lipinski definition) is 4. The average Bonchev–Trinajstić information content (AvgIpc) is 2.62. The number of ether oxygens (including phenoxy) is 1. The van der Waals surface area contributed by atoms with Crippen LogP contribution in [0.1, 0.15) is 50.8 Å². The predicted octanol–water partition coefficient (Wildman–Crippen LogP) is 3.19. The molecule has 2 rings (SSSR count). The van der Waals surface area contributed by atoms with E-state index >= 15 is 0 Å². The summed E-state index contributed by atoms with van der Waals surface area (Å²) in [6.45, 7) is 7.79. The van der Waals surface area contributed by atoms with E-state index in [1.165, 1.54) is 0 Å². The van der Waals surface area contributed by atoms with Crippen molar-refractivity contribution in [3.05, 3.63) is 29.6 Å². The first-order valence-corrected chi connectivity index (χ1v) is 9.26. The van der Waals surface area contributed by atoms with Crippen LogP contribution in [0, 0.1) is 12.8 Å². The van der Waals surface area contributed by atoms with Crippen LogP contribution in [0.2, 0.25) is 0 Å². The number of nitrogens with zero attached hydrogens (tertiary/aromatic N) is 2. The second kappa shape index (κ2) is 12.1. The number of hydrogen-bond donors (Lipinski definition) is 2. The molecule has 0 bridgehead atoms. The number of carbonyl (C=O) groups excluding carboxylic acids is 1. The Morgan fingerprint density at radius 2 is 2.04 bits per heavy atom. The third-order valence-corrected chi connectivity index (χ3v) is 4.54. The molecule has 0 spiro atoms. The molecule has 1 fully saturated rings. The highest BCUT2D eigenvalue weighted by Crippen LogP contribution is 2.25. The summed E-state index contributed by atoms with van der Waals surface area (Å²) in [6.07, 6.45) is 5.45. The van der Waals surface area contributed by atoms with Crippen LogP contribution >= 0.6 is 24.0 Å². The highest BCUT2D eigenvalue weighted by atomic mass is 127. The SMILES string of the molecule is CCNC(=NCc1ncccc1C)NC1CCC(C(=O)OCC)CC1.I. The van der Waals surface area contributed by atoms with Gasteiger partial charge in [-0.05, 0) is 58.1 Å². The van der Waals surface area contributed by atoms with Gasteiger partial charge in [0.05, 0.1) is 24.8 Å². The third kappa shape index (κ3) is 7.09. The molecule has 0 aliphatic heterocycles. The van der Waals surface area contributed by atoms with E-state index in [9.17, 15) is 4.79 Å². The maximum atomic E-state index is 11.8. The van der Waals surface area contributed by atoms with E-state index in [1.54, 1.807) is 6.20 Å². The maximum Gasteiger partial charge on any atom is 0.308 e. The van der Waals surface area contributed by atoms with Crippen molar-refractivity contribution in [3.63, 3.8) is 0 Å². The highest BCUT2D eigenvalue weighted by Gasteiger charge is 2.27. The molecule has 1 heterocycles. The zero-order valence-electron chi connectivity index (χ0n) is 16.0. The number of esters is 1. The second-order valence-corrected chi connectivity index (χ2v) is 6.41. The number of aromatic nitrogens is 1. The number of aliphatic imine (C=N–C) groups is 1. The molecule has 1 aliphatic rings. The van der Waals surface area contributed by atoms with E-state index < -0.39 is 0 Å². The van der Waals surface area contributed by atoms with Crippen LogP contribution in [0.3, 0.4) is 0 Å². The van der Waals surface area contributed by atoms with Gasteiger partial charge in [0.2, 0.25) is 0 Å². The summed E-state index contributed by atoms with van der Waals surface area (Å²) in [5.74, 6) is 0.813. The fourth-order valence-electron chi connectivity index (χ4n) is 3.08. The molecule has 7 heteroatoms. The molecule has 1 aliphatic carbocycles. The van der Waals surface area contributed by atoms with Gasteiger partial charge in [-0.3, -0.25) is 9.78 Å². The standard InChI is InChI=1S/C19H30N4O2.HI/c1-4-20-19(22-13-17-14(3)7-6-12-21-17)23-16-10-8-15(9-11-16)18(24)25-5-2;/h6-7,12,15-16H,4-5,8-11,13H2,1-3H3,(H2,20,22,23);1H. The fraction of sp³-hybridized carbons (Fsp3) is 0.632. The molecule has 0 saturated heterocycles. The third-order valence-electron chi connectivity index (χ3n) is 4.54. The second-order valence-electron chi connectivity index (χ2n) is 6.41. The molecule has 0 radical (unpaired) electrons. The topological polar surface area (TPSA) is 75.6 Å². The van der Waals surface area contributed by atoms with Crippen molar-refractivity contribution in [1.29, 1.82) is 0 Å². The Hall–Kier alpha value is -1.38. The summed E-state index contributed by atoms with van der Waals surface area (Å²) in [4.78, 5) is 20.9. The lowest BCUT2D eigenvalue weighted by atomic mass is 9.86. The van der Waals surface area contributed by atoms with Gasteiger partial charge in [0.1, 0.15) is 0 Å². The molecule has 2 N–H and O–H groups in total. The number of pyridine rings is 1. The van der Waals surface area contributed by atoms with E-state index in [0.717, 1.165) is 49.4 Å². The van der Waals surface area contributed by atoms with Gasteiger partial charge in [-0.1, -0.05) is 6.07 Å². The van der Waals surface area contributed by atoms with Gasteiger partial charge in [-0.2, -0.15) is 0 Å². The van der Waals surface area contributed by atoms with Crippen molar-refractivity contribution in [2.45, 2.75) is 59.0 Å². The van der Waals surface area contributed by atoms with E-state index in [-0.39, 0.29) is 35.9 Å². The van der Waals surface area contributed by atoms with Crippen LogP contribution in [0.15, 0.2) is 23.3 Å². The van der Waals surface area contributed by atoms with Crippen LogP contribution in [0.5, 0.6) is 0 Å². The molecule has 6 nitrogen and oxygen atoms in total. The molecule has 146 valence electrons. The van der Waals surface area contributed by atoms with Gasteiger partial charge in [0, 0.05) is 18.8 Å². The molecular weight excluding hydrogens is 443 g/mol. The Morgan fingerprint density at radius 3 is 2.65 bits per heavy atom. The van der Waals surface area contributed by atoms with Crippen LogP contribution in [-0.2, 0) is 16.1 Å². The molecule has 0 atom stereocenters. The number of guanidine groups is 1. The number of aryl methyl sites for hydroxylation is 1. The largest absolute Gasteiger partial charge is 0.466 e. The summed E-state index contributed by atoms with van der Waals surface area (Å²) in [7, 11) is 0. The average molecular weight is 474 g/mol. The van der Waals surface area contributed by atoms with Crippen molar-refractivity contribution in [1.82, 2.24) is 15.6 Å². The quantitative estimate of drug-likeness (QED) is 0.287. The Bertz CT molecular complexity index is 587. The van der Waals surface area contributed by atoms with Gasteiger partial charge in [-0.15, -0.1) is 24.0 Å². The first kappa shape index (κ1) is 22.7. The molecule has 1 aromatic rings. The Balaban J connectivity index is 0.00000338. The zero-order chi connectivity index (χ0) is 18.1. The monoisotopic (exact) mass is 474 g/mol. The number of halogens is 1. The smallest absolute Gasteiger partial charge is 0.308 e. The molecular formula is C19H31IN4O2. The molecule has 1 aromatic heterocycles. The minimum absolute atomic E-state index is 0. The van der Waals surface area contributed by atoms with Crippen molar-refractivity contribution < 1.29 is 9.53 Å². The van der Waals surface area contributed by atoms with E-state index in [4.69, 9.17) is 4.74 Å². The van der Waals surface area contributed by atoms with Gasteiger partial charge >= 0.3 is 5.97 Å². The fourth-order valence-corrected chi connectivity index (χ4v) is 3.08. The summed E-state index contributed by atoms with van der Waals surface area (Å²) in [5.41, 5.74) is 2.14. The van der Waals surface area contributed by atoms with Gasteiger partial charge < -0.3 is 15.4 Å². The number of nitrogens with one attached hydrogen (secondary N) is 2. The first-order chi connectivity index (χ1) is 12.1. The lowest BCUT2D eigenvalue weighted by molar-refractivity contribution is -0.149. The van der Waals surface area contributed by atoms with Crippen molar-refractivity contribution >= 4 is 35.9 Å². The van der Waals surface area contributed by atoms with Crippen LogP contribution in [-0.4, -0.2) is 36.1 Å². The van der Waals surface area contributed by atoms with E-state index in [0.29, 0.717) is 19.2 Å².